The quantitative estimate of drug-likeness (QED) is 0.778. The van der Waals surface area contributed by atoms with E-state index >= 15 is 0 Å². The maximum Gasteiger partial charge on any atom is 0.320 e. The molecule has 1 aromatic rings. The molecule has 0 spiro atoms. The summed E-state index contributed by atoms with van der Waals surface area (Å²) in [4.78, 5) is 27.6. The van der Waals surface area contributed by atoms with Gasteiger partial charge in [0.25, 0.3) is 0 Å². The van der Waals surface area contributed by atoms with Gasteiger partial charge < -0.3 is 10.4 Å². The van der Waals surface area contributed by atoms with Crippen molar-refractivity contribution in [3.05, 3.63) is 34.9 Å². The number of nitrogens with zero attached hydrogens (tertiary/aromatic N) is 1. The first-order valence-corrected chi connectivity index (χ1v) is 9.34. The van der Waals surface area contributed by atoms with Crippen LogP contribution in [0.25, 0.3) is 0 Å². The number of aliphatic hydroxyl groups is 1. The second-order valence-corrected chi connectivity index (χ2v) is 9.76. The van der Waals surface area contributed by atoms with E-state index in [2.05, 4.69) is 5.32 Å². The van der Waals surface area contributed by atoms with Crippen LogP contribution in [-0.4, -0.2) is 33.1 Å². The Morgan fingerprint density at radius 3 is 2.31 bits per heavy atom. The van der Waals surface area contributed by atoms with Gasteiger partial charge in [-0.1, -0.05) is 37.6 Å². The van der Waals surface area contributed by atoms with Crippen molar-refractivity contribution in [2.24, 2.45) is 11.3 Å². The molecule has 3 rings (SSSR count). The Morgan fingerprint density at radius 1 is 1.19 bits per heavy atom. The lowest BCUT2D eigenvalue weighted by atomic mass is 9.62. The number of Topliss-reactive ketones (excluding diaryl/α,β-unsaturated/α-hetero) is 1. The molecular weight excluding hydrogens is 352 g/mol. The minimum atomic E-state index is -1.54. The number of halogens is 1. The molecule has 142 valence electrons. The van der Waals surface area contributed by atoms with E-state index in [9.17, 15) is 14.7 Å². The summed E-state index contributed by atoms with van der Waals surface area (Å²) in [5.41, 5.74) is -1.78. The molecule has 0 bridgehead atoms. The molecule has 1 aromatic carbocycles. The Kier molecular flexibility index (Phi) is 4.40. The van der Waals surface area contributed by atoms with E-state index in [1.165, 1.54) is 4.90 Å². The number of carbonyl (C=O) groups excluding carboxylic acids is 2. The van der Waals surface area contributed by atoms with Crippen molar-refractivity contribution in [1.82, 2.24) is 10.2 Å². The van der Waals surface area contributed by atoms with Gasteiger partial charge in [0.15, 0.2) is 5.72 Å². The van der Waals surface area contributed by atoms with Crippen molar-refractivity contribution in [2.45, 2.75) is 64.8 Å². The van der Waals surface area contributed by atoms with Crippen molar-refractivity contribution in [2.75, 3.05) is 0 Å². The molecule has 3 atom stereocenters. The molecule has 6 heteroatoms. The predicted octanol–water partition coefficient (Wildman–Crippen LogP) is 3.90. The molecule has 1 aliphatic carbocycles. The van der Waals surface area contributed by atoms with Crippen LogP contribution in [0.3, 0.4) is 0 Å². The van der Waals surface area contributed by atoms with Crippen molar-refractivity contribution in [3.8, 4) is 0 Å². The van der Waals surface area contributed by atoms with E-state index in [1.54, 1.807) is 24.3 Å². The highest BCUT2D eigenvalue weighted by molar-refractivity contribution is 6.30. The number of hydrogen-bond donors (Lipinski definition) is 2. The summed E-state index contributed by atoms with van der Waals surface area (Å²) in [5.74, 6) is -0.758. The number of carbonyl (C=O) groups is 2. The van der Waals surface area contributed by atoms with E-state index in [0.29, 0.717) is 17.9 Å². The summed E-state index contributed by atoms with van der Waals surface area (Å²) >= 11 is 5.98. The second-order valence-electron chi connectivity index (χ2n) is 9.33. The van der Waals surface area contributed by atoms with E-state index in [4.69, 9.17) is 11.6 Å². The molecule has 2 amide bonds. The number of benzene rings is 1. The number of urea groups is 1. The molecule has 1 saturated heterocycles. The van der Waals surface area contributed by atoms with Gasteiger partial charge in [-0.05, 0) is 43.9 Å². The molecule has 1 saturated carbocycles. The maximum absolute atomic E-state index is 13.1. The van der Waals surface area contributed by atoms with E-state index in [0.717, 1.165) is 5.56 Å². The van der Waals surface area contributed by atoms with Crippen LogP contribution in [0.2, 0.25) is 5.02 Å². The molecule has 5 nitrogen and oxygen atoms in total. The van der Waals surface area contributed by atoms with Crippen LogP contribution in [0.15, 0.2) is 24.3 Å². The van der Waals surface area contributed by atoms with Gasteiger partial charge in [-0.3, -0.25) is 9.69 Å². The van der Waals surface area contributed by atoms with Crippen LogP contribution >= 0.6 is 11.6 Å². The Labute approximate surface area is 159 Å². The van der Waals surface area contributed by atoms with Gasteiger partial charge in [0.1, 0.15) is 5.78 Å². The van der Waals surface area contributed by atoms with Crippen molar-refractivity contribution in [1.29, 1.82) is 0 Å². The van der Waals surface area contributed by atoms with Gasteiger partial charge in [0.05, 0.1) is 12.0 Å². The molecule has 0 radical (unpaired) electrons. The fourth-order valence-electron chi connectivity index (χ4n) is 4.68. The summed E-state index contributed by atoms with van der Waals surface area (Å²) in [6.07, 6.45) is 0.725. The lowest BCUT2D eigenvalue weighted by molar-refractivity contribution is -0.210. The first kappa shape index (κ1) is 19.2. The third-order valence-electron chi connectivity index (χ3n) is 5.34. The first-order valence-electron chi connectivity index (χ1n) is 8.97. The number of hydrogen-bond acceptors (Lipinski definition) is 3. The molecule has 1 heterocycles. The zero-order valence-corrected chi connectivity index (χ0v) is 16.7. The lowest BCUT2D eigenvalue weighted by Gasteiger charge is -2.59. The van der Waals surface area contributed by atoms with E-state index in [1.807, 2.05) is 34.6 Å². The fourth-order valence-corrected chi connectivity index (χ4v) is 4.80. The highest BCUT2D eigenvalue weighted by atomic mass is 35.5. The van der Waals surface area contributed by atoms with Gasteiger partial charge in [-0.2, -0.15) is 0 Å². The molecule has 0 aromatic heterocycles. The summed E-state index contributed by atoms with van der Waals surface area (Å²) in [5, 5.41) is 15.3. The van der Waals surface area contributed by atoms with Gasteiger partial charge in [-0.25, -0.2) is 4.79 Å². The zero-order chi connectivity index (χ0) is 19.5. The van der Waals surface area contributed by atoms with Crippen LogP contribution in [0.5, 0.6) is 0 Å². The van der Waals surface area contributed by atoms with Crippen LogP contribution in [0.1, 0.15) is 59.1 Å². The van der Waals surface area contributed by atoms with Gasteiger partial charge in [0, 0.05) is 23.4 Å². The van der Waals surface area contributed by atoms with E-state index < -0.39 is 23.2 Å². The van der Waals surface area contributed by atoms with Gasteiger partial charge >= 0.3 is 6.03 Å². The summed E-state index contributed by atoms with van der Waals surface area (Å²) < 4.78 is 0. The third-order valence-corrected chi connectivity index (χ3v) is 5.59. The van der Waals surface area contributed by atoms with Crippen molar-refractivity contribution in [3.63, 3.8) is 0 Å². The summed E-state index contributed by atoms with van der Waals surface area (Å²) in [6.45, 7) is 9.54. The SMILES string of the molecule is CC1(C)CC(=O)C2C(c3ccc(Cl)cc3)NC(=O)N(C(C)(C)C)C2(O)C1. The molecule has 2 fully saturated rings. The number of nitrogens with one attached hydrogen (secondary N) is 1. The number of ketones is 1. The number of fused-ring (bicyclic) bond motifs is 1. The highest BCUT2D eigenvalue weighted by Gasteiger charge is 2.62. The summed E-state index contributed by atoms with van der Waals surface area (Å²) in [6, 6.07) is 6.12. The molecule has 2 N–H and O–H groups in total. The Hall–Kier alpha value is -1.59. The number of rotatable bonds is 1. The number of amides is 2. The fraction of sp³-hybridized carbons (Fsp3) is 0.600. The average Bonchev–Trinajstić information content (AvgIpc) is 2.42. The normalized spacial score (nSPS) is 31.4. The Balaban J connectivity index is 2.14. The standard InChI is InChI=1S/C20H27ClN2O3/c1-18(2,3)23-17(25)22-16(12-6-8-13(21)9-7-12)15-14(24)10-19(4,5)11-20(15,23)26/h6-9,15-16,26H,10-11H2,1-5H3,(H,22,25). The Morgan fingerprint density at radius 2 is 1.77 bits per heavy atom. The minimum absolute atomic E-state index is 0.0297. The summed E-state index contributed by atoms with van der Waals surface area (Å²) in [7, 11) is 0. The van der Waals surface area contributed by atoms with Gasteiger partial charge in [0.2, 0.25) is 0 Å². The van der Waals surface area contributed by atoms with Crippen LogP contribution in [0, 0.1) is 11.3 Å². The monoisotopic (exact) mass is 378 g/mol. The zero-order valence-electron chi connectivity index (χ0n) is 16.0. The first-order chi connectivity index (χ1) is 11.8. The minimum Gasteiger partial charge on any atom is -0.370 e. The van der Waals surface area contributed by atoms with Crippen LogP contribution in [-0.2, 0) is 4.79 Å². The van der Waals surface area contributed by atoms with Crippen LogP contribution < -0.4 is 5.32 Å². The van der Waals surface area contributed by atoms with Crippen molar-refractivity contribution >= 4 is 23.4 Å². The lowest BCUT2D eigenvalue weighted by Crippen LogP contribution is -2.74. The average molecular weight is 379 g/mol. The van der Waals surface area contributed by atoms with Gasteiger partial charge in [-0.15, -0.1) is 0 Å². The predicted molar refractivity (Wildman–Crippen MR) is 101 cm³/mol. The topological polar surface area (TPSA) is 69.6 Å². The smallest absolute Gasteiger partial charge is 0.320 e. The second kappa shape index (κ2) is 5.96. The molecular formula is C20H27ClN2O3. The van der Waals surface area contributed by atoms with Crippen molar-refractivity contribution < 1.29 is 14.7 Å². The molecule has 2 aliphatic rings. The van der Waals surface area contributed by atoms with E-state index in [-0.39, 0.29) is 17.2 Å². The third kappa shape index (κ3) is 3.12. The maximum atomic E-state index is 13.1. The largest absolute Gasteiger partial charge is 0.370 e. The Bertz CT molecular complexity index is 736. The molecule has 3 unspecified atom stereocenters. The van der Waals surface area contributed by atoms with Crippen LogP contribution in [0.4, 0.5) is 4.79 Å². The molecule has 1 aliphatic heterocycles. The highest BCUT2D eigenvalue weighted by Crippen LogP contribution is 2.52. The molecule has 26 heavy (non-hydrogen) atoms.